The van der Waals surface area contributed by atoms with E-state index in [9.17, 15) is 45.5 Å². The lowest BCUT2D eigenvalue weighted by Gasteiger charge is -2.15. The predicted octanol–water partition coefficient (Wildman–Crippen LogP) is 9.62. The van der Waals surface area contributed by atoms with Gasteiger partial charge in [0.05, 0.1) is 83.6 Å². The fraction of sp³-hybridized carbons (Fsp3) is 0.321. The van der Waals surface area contributed by atoms with Crippen LogP contribution in [0.3, 0.4) is 0 Å². The number of rotatable bonds is 20. The highest BCUT2D eigenvalue weighted by Gasteiger charge is 2.32. The zero-order chi connectivity index (χ0) is 55.9. The summed E-state index contributed by atoms with van der Waals surface area (Å²) in [5.41, 5.74) is 6.61. The molecule has 2 aromatic carbocycles. The van der Waals surface area contributed by atoms with E-state index in [1.807, 2.05) is 28.8 Å². The van der Waals surface area contributed by atoms with Crippen LogP contribution in [0.25, 0.3) is 56.1 Å². The number of nitrogens with zero attached hydrogens (tertiary/aromatic N) is 8. The summed E-state index contributed by atoms with van der Waals surface area (Å²) in [6.45, 7) is 0.646. The van der Waals surface area contributed by atoms with Gasteiger partial charge in [0.15, 0.2) is 11.6 Å². The van der Waals surface area contributed by atoms with Crippen molar-refractivity contribution in [2.24, 2.45) is 0 Å². The van der Waals surface area contributed by atoms with Crippen molar-refractivity contribution in [3.05, 3.63) is 109 Å². The molecule has 0 bridgehead atoms. The van der Waals surface area contributed by atoms with Gasteiger partial charge in [-0.2, -0.15) is 36.5 Å². The Morgan fingerprint density at radius 3 is 1.44 bits per heavy atom. The summed E-state index contributed by atoms with van der Waals surface area (Å²) in [6.07, 6.45) is 2.34. The first-order valence-electron chi connectivity index (χ1n) is 24.0. The number of aliphatic carboxylic acids is 1. The van der Waals surface area contributed by atoms with Gasteiger partial charge in [-0.25, -0.2) is 9.97 Å². The largest absolute Gasteiger partial charge is 0.496 e. The number of carbonyl (C=O) groups excluding carboxylic acids is 3. The summed E-state index contributed by atoms with van der Waals surface area (Å²) in [5, 5.41) is 17.2. The number of pyridine rings is 2. The standard InChI is InChI=1S/C29H29F3N4O6.C24H21F3N4O5/c1-39-24-10-19(11-25(40-2)28(24)23(37)5-7-29(30,31)32)22-14-33-26-12-18(6-8-36(22)26)20-13-34-35(15-20)16-27(38)42-17-21-4-3-9-41-21;1-35-19-7-15(8-20(36-2)23(19)18(32)3-5-24(25,26)27)17-11-28-21-9-14(4-6-31(17)21)16-10-29-30(12-16)13-22(33)34/h6,8,10-15,21H,3-5,7,9,16-17H2,1-2H3;4,6-12H,3,5,13H2,1-2H3,(H,33,34). The van der Waals surface area contributed by atoms with Gasteiger partial charge in [0.2, 0.25) is 0 Å². The molecule has 78 heavy (non-hydrogen) atoms. The number of ether oxygens (including phenoxy) is 6. The fourth-order valence-electron chi connectivity index (χ4n) is 8.65. The molecule has 1 N–H and O–H groups in total. The average molecular weight is 1090 g/mol. The van der Waals surface area contributed by atoms with Crippen LogP contribution in [0, 0.1) is 0 Å². The molecule has 0 aliphatic carbocycles. The molecule has 25 heteroatoms. The number of benzene rings is 2. The third-order valence-electron chi connectivity index (χ3n) is 12.4. The molecule has 8 aromatic rings. The maximum absolute atomic E-state index is 12.7. The second-order valence-corrected chi connectivity index (χ2v) is 17.7. The van der Waals surface area contributed by atoms with Crippen molar-refractivity contribution in [3.8, 4) is 67.8 Å². The highest BCUT2D eigenvalue weighted by Crippen LogP contribution is 2.40. The number of carboxylic acids is 1. The zero-order valence-corrected chi connectivity index (χ0v) is 42.3. The molecule has 0 spiro atoms. The van der Waals surface area contributed by atoms with E-state index in [1.165, 1.54) is 37.8 Å². The van der Waals surface area contributed by atoms with Crippen molar-refractivity contribution in [3.63, 3.8) is 0 Å². The Morgan fingerprint density at radius 2 is 1.05 bits per heavy atom. The van der Waals surface area contributed by atoms with Crippen LogP contribution in [0.4, 0.5) is 26.3 Å². The average Bonchev–Trinajstić information content (AvgIpc) is 4.41. The van der Waals surface area contributed by atoms with Crippen molar-refractivity contribution in [2.45, 2.75) is 70.1 Å². The molecule has 0 radical (unpaired) electrons. The van der Waals surface area contributed by atoms with E-state index >= 15 is 0 Å². The number of fused-ring (bicyclic) bond motifs is 2. The van der Waals surface area contributed by atoms with E-state index in [0.29, 0.717) is 46.0 Å². The number of esters is 1. The number of hydrogen-bond acceptors (Lipinski definition) is 14. The van der Waals surface area contributed by atoms with E-state index < -0.39 is 61.5 Å². The molecule has 19 nitrogen and oxygen atoms in total. The van der Waals surface area contributed by atoms with E-state index in [1.54, 1.807) is 78.1 Å². The van der Waals surface area contributed by atoms with Gasteiger partial charge in [-0.1, -0.05) is 0 Å². The van der Waals surface area contributed by atoms with E-state index in [0.717, 1.165) is 29.5 Å². The van der Waals surface area contributed by atoms with Crippen LogP contribution in [0.15, 0.2) is 98.1 Å². The van der Waals surface area contributed by atoms with Gasteiger partial charge in [0.1, 0.15) is 65.1 Å². The Labute approximate surface area is 439 Å². The van der Waals surface area contributed by atoms with Crippen LogP contribution in [0.1, 0.15) is 59.2 Å². The molecule has 1 aliphatic heterocycles. The summed E-state index contributed by atoms with van der Waals surface area (Å²) < 4.78 is 115. The molecule has 1 unspecified atom stereocenters. The molecule has 1 saturated heterocycles. The Hall–Kier alpha value is -8.74. The SMILES string of the molecule is COc1cc(-c2cnc3cc(-c4cnn(CC(=O)O)c4)ccn23)cc(OC)c1C(=O)CCC(F)(F)F.COc1cc(-c2cnc3cc(-c4cnn(CC(=O)OCC5CCCO5)c4)ccn23)cc(OC)c1C(=O)CCC(F)(F)F. The minimum absolute atomic E-state index is 0.0269. The number of methoxy groups -OCH3 is 4. The normalized spacial score (nSPS) is 13.5. The topological polar surface area (TPSA) is 214 Å². The van der Waals surface area contributed by atoms with Crippen LogP contribution in [-0.2, 0) is 32.2 Å². The Bertz CT molecular complexity index is 3430. The summed E-state index contributed by atoms with van der Waals surface area (Å²) in [4.78, 5) is 57.3. The highest BCUT2D eigenvalue weighted by atomic mass is 19.4. The minimum atomic E-state index is -4.46. The molecular formula is C53H50F6N8O11. The molecule has 1 aliphatic rings. The number of alkyl halides is 6. The van der Waals surface area contributed by atoms with Gasteiger partial charge < -0.3 is 33.5 Å². The lowest BCUT2D eigenvalue weighted by molar-refractivity contribution is -0.148. The van der Waals surface area contributed by atoms with E-state index in [-0.39, 0.29) is 59.9 Å². The maximum atomic E-state index is 12.7. The molecule has 410 valence electrons. The van der Waals surface area contributed by atoms with Crippen LogP contribution >= 0.6 is 0 Å². The quantitative estimate of drug-likeness (QED) is 0.0427. The minimum Gasteiger partial charge on any atom is -0.496 e. The Balaban J connectivity index is 0.000000208. The number of hydrogen-bond donors (Lipinski definition) is 1. The van der Waals surface area contributed by atoms with Gasteiger partial charge in [0.25, 0.3) is 0 Å². The number of halogens is 6. The third-order valence-corrected chi connectivity index (χ3v) is 12.4. The fourth-order valence-corrected chi connectivity index (χ4v) is 8.65. The Morgan fingerprint density at radius 1 is 0.615 bits per heavy atom. The van der Waals surface area contributed by atoms with Crippen LogP contribution in [-0.4, -0.2) is 127 Å². The number of carbonyl (C=O) groups is 4. The lowest BCUT2D eigenvalue weighted by Crippen LogP contribution is -2.21. The predicted molar refractivity (Wildman–Crippen MR) is 267 cm³/mol. The molecule has 1 fully saturated rings. The molecule has 7 heterocycles. The van der Waals surface area contributed by atoms with E-state index in [4.69, 9.17) is 33.5 Å². The first-order chi connectivity index (χ1) is 37.2. The van der Waals surface area contributed by atoms with Crippen molar-refractivity contribution in [1.29, 1.82) is 0 Å². The summed E-state index contributed by atoms with van der Waals surface area (Å²) in [5.74, 6) is -2.48. The summed E-state index contributed by atoms with van der Waals surface area (Å²) >= 11 is 0. The first kappa shape index (κ1) is 55.5. The second-order valence-electron chi connectivity index (χ2n) is 17.7. The van der Waals surface area contributed by atoms with Crippen LogP contribution in [0.2, 0.25) is 0 Å². The molecule has 6 aromatic heterocycles. The number of Topliss-reactive ketones (excluding diaryl/α,β-unsaturated/α-hetero) is 2. The smallest absolute Gasteiger partial charge is 0.389 e. The zero-order valence-electron chi connectivity index (χ0n) is 42.3. The first-order valence-corrected chi connectivity index (χ1v) is 24.0. The lowest BCUT2D eigenvalue weighted by atomic mass is 10.0. The number of aromatic nitrogens is 8. The summed E-state index contributed by atoms with van der Waals surface area (Å²) in [6, 6.07) is 13.6. The van der Waals surface area contributed by atoms with Crippen molar-refractivity contribution in [2.75, 3.05) is 41.7 Å². The third kappa shape index (κ3) is 13.3. The van der Waals surface area contributed by atoms with Crippen LogP contribution in [0.5, 0.6) is 23.0 Å². The number of imidazole rings is 2. The van der Waals surface area contributed by atoms with Crippen LogP contribution < -0.4 is 18.9 Å². The van der Waals surface area contributed by atoms with Crippen molar-refractivity contribution < 1.29 is 79.0 Å². The highest BCUT2D eigenvalue weighted by molar-refractivity contribution is 6.03. The number of ketones is 2. The summed E-state index contributed by atoms with van der Waals surface area (Å²) in [7, 11) is 5.32. The molecule has 0 amide bonds. The van der Waals surface area contributed by atoms with Crippen molar-refractivity contribution in [1.82, 2.24) is 38.3 Å². The van der Waals surface area contributed by atoms with Gasteiger partial charge >= 0.3 is 24.3 Å². The molecule has 0 saturated carbocycles. The molecule has 9 rings (SSSR count). The monoisotopic (exact) mass is 1090 g/mol. The number of carboxylic acid groups (broad SMARTS) is 1. The van der Waals surface area contributed by atoms with Gasteiger partial charge in [-0.15, -0.1) is 0 Å². The van der Waals surface area contributed by atoms with E-state index in [2.05, 4.69) is 20.2 Å². The van der Waals surface area contributed by atoms with Gasteiger partial charge in [-0.3, -0.25) is 37.3 Å². The molecule has 1 atom stereocenters. The van der Waals surface area contributed by atoms with Crippen molar-refractivity contribution >= 4 is 34.8 Å². The van der Waals surface area contributed by atoms with Gasteiger partial charge in [-0.05, 0) is 72.5 Å². The maximum Gasteiger partial charge on any atom is 0.389 e. The molecular weight excluding hydrogens is 1040 g/mol. The second kappa shape index (κ2) is 23.7. The Kier molecular flexibility index (Phi) is 16.8. The van der Waals surface area contributed by atoms with Gasteiger partial charge in [0, 0.05) is 66.5 Å².